The third-order valence-electron chi connectivity index (χ3n) is 3.39. The van der Waals surface area contributed by atoms with Crippen molar-refractivity contribution in [2.75, 3.05) is 19.4 Å². The minimum Gasteiger partial charge on any atom is -0.462 e. The van der Waals surface area contributed by atoms with Crippen molar-refractivity contribution in [2.45, 2.75) is 20.0 Å². The van der Waals surface area contributed by atoms with Crippen molar-refractivity contribution >= 4 is 11.7 Å². The number of anilines is 1. The minimum atomic E-state index is -0.335. The van der Waals surface area contributed by atoms with Crippen molar-refractivity contribution < 1.29 is 9.53 Å². The molecule has 0 spiro atoms. The van der Waals surface area contributed by atoms with E-state index < -0.39 is 0 Å². The third-order valence-corrected chi connectivity index (χ3v) is 3.39. The summed E-state index contributed by atoms with van der Waals surface area (Å²) >= 11 is 0. The number of hydrogen-bond acceptors (Lipinski definition) is 4. The van der Waals surface area contributed by atoms with Gasteiger partial charge in [0.1, 0.15) is 0 Å². The van der Waals surface area contributed by atoms with Crippen LogP contribution >= 0.6 is 0 Å². The molecule has 2 aromatic carbocycles. The Morgan fingerprint density at radius 2 is 1.86 bits per heavy atom. The molecular formula is C18H22N2O2. The second-order valence-corrected chi connectivity index (χ2v) is 5.29. The molecule has 0 aromatic heterocycles. The largest absolute Gasteiger partial charge is 0.462 e. The highest BCUT2D eigenvalue weighted by molar-refractivity contribution is 5.90. The van der Waals surface area contributed by atoms with E-state index in [1.165, 1.54) is 5.56 Å². The zero-order valence-corrected chi connectivity index (χ0v) is 13.1. The van der Waals surface area contributed by atoms with Gasteiger partial charge in [-0.25, -0.2) is 4.79 Å². The maximum Gasteiger partial charge on any atom is 0.338 e. The molecule has 116 valence electrons. The van der Waals surface area contributed by atoms with Gasteiger partial charge < -0.3 is 10.5 Å². The molecule has 0 amide bonds. The number of carbonyl (C=O) groups excluding carboxylic acids is 1. The predicted octanol–water partition coefficient (Wildman–Crippen LogP) is 3.08. The summed E-state index contributed by atoms with van der Waals surface area (Å²) in [5.74, 6) is -0.335. The second kappa shape index (κ2) is 7.61. The fourth-order valence-electron chi connectivity index (χ4n) is 2.32. The summed E-state index contributed by atoms with van der Waals surface area (Å²) in [4.78, 5) is 13.9. The lowest BCUT2D eigenvalue weighted by Gasteiger charge is -2.18. The Morgan fingerprint density at radius 1 is 1.14 bits per heavy atom. The number of carbonyl (C=O) groups is 1. The van der Waals surface area contributed by atoms with Crippen LogP contribution in [-0.2, 0) is 17.8 Å². The van der Waals surface area contributed by atoms with Gasteiger partial charge in [0, 0.05) is 18.8 Å². The minimum absolute atomic E-state index is 0.335. The molecule has 2 N–H and O–H groups in total. The van der Waals surface area contributed by atoms with Gasteiger partial charge >= 0.3 is 5.97 Å². The average Bonchev–Trinajstić information content (AvgIpc) is 2.50. The van der Waals surface area contributed by atoms with E-state index in [1.54, 1.807) is 19.1 Å². The van der Waals surface area contributed by atoms with Gasteiger partial charge in [-0.1, -0.05) is 36.4 Å². The molecule has 0 aliphatic rings. The molecule has 0 aliphatic heterocycles. The number of rotatable bonds is 6. The lowest BCUT2D eigenvalue weighted by molar-refractivity contribution is 0.0526. The van der Waals surface area contributed by atoms with E-state index >= 15 is 0 Å². The lowest BCUT2D eigenvalue weighted by atomic mass is 10.1. The monoisotopic (exact) mass is 298 g/mol. The molecule has 0 unspecified atom stereocenters. The molecule has 2 aromatic rings. The van der Waals surface area contributed by atoms with Crippen LogP contribution in [0.25, 0.3) is 0 Å². The molecular weight excluding hydrogens is 276 g/mol. The molecule has 0 heterocycles. The summed E-state index contributed by atoms with van der Waals surface area (Å²) in [6.45, 7) is 3.72. The molecule has 0 saturated heterocycles. The molecule has 0 bridgehead atoms. The summed E-state index contributed by atoms with van der Waals surface area (Å²) in [5, 5.41) is 0. The summed E-state index contributed by atoms with van der Waals surface area (Å²) in [6, 6.07) is 15.6. The fraction of sp³-hybridized carbons (Fsp3) is 0.278. The first kappa shape index (κ1) is 16.0. The molecule has 0 atom stereocenters. The molecule has 0 aliphatic carbocycles. The van der Waals surface area contributed by atoms with E-state index in [4.69, 9.17) is 10.5 Å². The Kier molecular flexibility index (Phi) is 5.55. The van der Waals surface area contributed by atoms with E-state index in [0.29, 0.717) is 17.9 Å². The molecule has 0 radical (unpaired) electrons. The van der Waals surface area contributed by atoms with Gasteiger partial charge in [0.15, 0.2) is 0 Å². The standard InChI is InChI=1S/C18H22N2O2/c1-3-22-18(21)15-9-10-16(17(19)11-15)13-20(2)12-14-7-5-4-6-8-14/h4-11H,3,12-13,19H2,1-2H3. The number of nitrogens with two attached hydrogens (primary N) is 1. The van der Waals surface area contributed by atoms with Gasteiger partial charge in [0.25, 0.3) is 0 Å². The van der Waals surface area contributed by atoms with Crippen LogP contribution in [0.3, 0.4) is 0 Å². The maximum absolute atomic E-state index is 11.7. The number of nitrogens with zero attached hydrogens (tertiary/aromatic N) is 1. The molecule has 22 heavy (non-hydrogen) atoms. The first-order valence-electron chi connectivity index (χ1n) is 7.38. The van der Waals surface area contributed by atoms with Gasteiger partial charge in [0.2, 0.25) is 0 Å². The molecule has 0 saturated carbocycles. The number of benzene rings is 2. The molecule has 2 rings (SSSR count). The van der Waals surface area contributed by atoms with Gasteiger partial charge in [-0.2, -0.15) is 0 Å². The first-order valence-corrected chi connectivity index (χ1v) is 7.38. The number of ether oxygens (including phenoxy) is 1. The van der Waals surface area contributed by atoms with Crippen molar-refractivity contribution in [1.29, 1.82) is 0 Å². The van der Waals surface area contributed by atoms with Crippen LogP contribution in [-0.4, -0.2) is 24.5 Å². The topological polar surface area (TPSA) is 55.6 Å². The molecule has 4 heteroatoms. The normalized spacial score (nSPS) is 10.7. The van der Waals surface area contributed by atoms with Crippen molar-refractivity contribution in [3.8, 4) is 0 Å². The summed E-state index contributed by atoms with van der Waals surface area (Å²) in [7, 11) is 2.05. The Labute approximate surface area is 131 Å². The van der Waals surface area contributed by atoms with Crippen LogP contribution in [0, 0.1) is 0 Å². The lowest BCUT2D eigenvalue weighted by Crippen LogP contribution is -2.18. The molecule has 4 nitrogen and oxygen atoms in total. The van der Waals surface area contributed by atoms with Crippen LogP contribution in [0.2, 0.25) is 0 Å². The van der Waals surface area contributed by atoms with Crippen LogP contribution in [0.1, 0.15) is 28.4 Å². The highest BCUT2D eigenvalue weighted by atomic mass is 16.5. The Morgan fingerprint density at radius 3 is 2.50 bits per heavy atom. The van der Waals surface area contributed by atoms with Gasteiger partial charge in [-0.05, 0) is 37.2 Å². The van der Waals surface area contributed by atoms with E-state index in [-0.39, 0.29) is 5.97 Å². The Bertz CT molecular complexity index is 626. The third kappa shape index (κ3) is 4.33. The second-order valence-electron chi connectivity index (χ2n) is 5.29. The highest BCUT2D eigenvalue weighted by Crippen LogP contribution is 2.17. The zero-order valence-electron chi connectivity index (χ0n) is 13.1. The quantitative estimate of drug-likeness (QED) is 0.658. The van der Waals surface area contributed by atoms with Crippen LogP contribution in [0.5, 0.6) is 0 Å². The zero-order chi connectivity index (χ0) is 15.9. The number of hydrogen-bond donors (Lipinski definition) is 1. The predicted molar refractivity (Wildman–Crippen MR) is 88.4 cm³/mol. The first-order chi connectivity index (χ1) is 10.6. The maximum atomic E-state index is 11.7. The van der Waals surface area contributed by atoms with Crippen molar-refractivity contribution in [1.82, 2.24) is 4.90 Å². The number of esters is 1. The Hall–Kier alpha value is -2.33. The SMILES string of the molecule is CCOC(=O)c1ccc(CN(C)Cc2ccccc2)c(N)c1. The summed E-state index contributed by atoms with van der Waals surface area (Å²) in [6.07, 6.45) is 0. The van der Waals surface area contributed by atoms with E-state index in [1.807, 2.05) is 31.3 Å². The van der Waals surface area contributed by atoms with Gasteiger partial charge in [-0.15, -0.1) is 0 Å². The smallest absolute Gasteiger partial charge is 0.338 e. The number of nitrogen functional groups attached to an aromatic ring is 1. The summed E-state index contributed by atoms with van der Waals surface area (Å²) in [5.41, 5.74) is 9.44. The van der Waals surface area contributed by atoms with E-state index in [0.717, 1.165) is 18.7 Å². The Balaban J connectivity index is 2.02. The van der Waals surface area contributed by atoms with Crippen molar-refractivity contribution in [3.05, 3.63) is 65.2 Å². The summed E-state index contributed by atoms with van der Waals surface area (Å²) < 4.78 is 4.98. The van der Waals surface area contributed by atoms with Gasteiger partial charge in [-0.3, -0.25) is 4.90 Å². The van der Waals surface area contributed by atoms with Crippen LogP contribution < -0.4 is 5.73 Å². The van der Waals surface area contributed by atoms with Crippen LogP contribution in [0.15, 0.2) is 48.5 Å². The van der Waals surface area contributed by atoms with Crippen molar-refractivity contribution in [2.24, 2.45) is 0 Å². The van der Waals surface area contributed by atoms with Crippen LogP contribution in [0.4, 0.5) is 5.69 Å². The van der Waals surface area contributed by atoms with E-state index in [2.05, 4.69) is 17.0 Å². The molecule has 0 fully saturated rings. The average molecular weight is 298 g/mol. The van der Waals surface area contributed by atoms with E-state index in [9.17, 15) is 4.79 Å². The fourth-order valence-corrected chi connectivity index (χ4v) is 2.32. The van der Waals surface area contributed by atoms with Gasteiger partial charge in [0.05, 0.1) is 12.2 Å². The van der Waals surface area contributed by atoms with Crippen molar-refractivity contribution in [3.63, 3.8) is 0 Å². The highest BCUT2D eigenvalue weighted by Gasteiger charge is 2.10.